The van der Waals surface area contributed by atoms with E-state index >= 15 is 0 Å². The molecule has 0 amide bonds. The van der Waals surface area contributed by atoms with Crippen molar-refractivity contribution >= 4 is 0 Å². The predicted octanol–water partition coefficient (Wildman–Crippen LogP) is 1.72. The largest absolute Gasteiger partial charge is 0.359 e. The second kappa shape index (κ2) is 3.74. The second-order valence-corrected chi connectivity index (χ2v) is 2.69. The standard InChI is InChI=1S/C8H14O2/c1-7-3-4-8(5-7)10-6-9-2/h8H,1,3-6H2,2H3/t8-/m0/s1. The van der Waals surface area contributed by atoms with Gasteiger partial charge in [-0.15, -0.1) is 0 Å². The van der Waals surface area contributed by atoms with Gasteiger partial charge >= 0.3 is 0 Å². The Hall–Kier alpha value is -0.340. The highest BCUT2D eigenvalue weighted by Gasteiger charge is 2.17. The van der Waals surface area contributed by atoms with Crippen molar-refractivity contribution in [3.05, 3.63) is 12.2 Å². The SMILES string of the molecule is C=C1CC[C@H](OCOC)C1. The van der Waals surface area contributed by atoms with Crippen molar-refractivity contribution in [2.45, 2.75) is 25.4 Å². The lowest BCUT2D eigenvalue weighted by Crippen LogP contribution is -2.09. The van der Waals surface area contributed by atoms with Crippen molar-refractivity contribution in [2.24, 2.45) is 0 Å². The Labute approximate surface area is 61.8 Å². The van der Waals surface area contributed by atoms with E-state index in [1.807, 2.05) is 0 Å². The minimum atomic E-state index is 0.368. The van der Waals surface area contributed by atoms with E-state index in [0.717, 1.165) is 19.3 Å². The molecular formula is C8H14O2. The molecule has 0 unspecified atom stereocenters. The molecule has 0 aromatic rings. The van der Waals surface area contributed by atoms with Crippen LogP contribution in [0.15, 0.2) is 12.2 Å². The predicted molar refractivity (Wildman–Crippen MR) is 39.7 cm³/mol. The summed E-state index contributed by atoms with van der Waals surface area (Å²) in [7, 11) is 1.64. The zero-order valence-electron chi connectivity index (χ0n) is 6.43. The van der Waals surface area contributed by atoms with Gasteiger partial charge in [-0.3, -0.25) is 0 Å². The maximum absolute atomic E-state index is 5.34. The molecule has 2 nitrogen and oxygen atoms in total. The molecular weight excluding hydrogens is 128 g/mol. The van der Waals surface area contributed by atoms with E-state index in [1.165, 1.54) is 5.57 Å². The van der Waals surface area contributed by atoms with Gasteiger partial charge in [-0.2, -0.15) is 0 Å². The summed E-state index contributed by atoms with van der Waals surface area (Å²) in [6.07, 6.45) is 3.62. The smallest absolute Gasteiger partial charge is 0.146 e. The fraction of sp³-hybridized carbons (Fsp3) is 0.750. The molecule has 0 aliphatic heterocycles. The molecule has 1 fully saturated rings. The Kier molecular flexibility index (Phi) is 2.90. The second-order valence-electron chi connectivity index (χ2n) is 2.69. The summed E-state index contributed by atoms with van der Waals surface area (Å²) >= 11 is 0. The van der Waals surface area contributed by atoms with Gasteiger partial charge in [0, 0.05) is 7.11 Å². The van der Waals surface area contributed by atoms with Crippen LogP contribution in [0.4, 0.5) is 0 Å². The third-order valence-electron chi connectivity index (χ3n) is 1.76. The number of rotatable bonds is 3. The zero-order valence-corrected chi connectivity index (χ0v) is 6.43. The van der Waals surface area contributed by atoms with Gasteiger partial charge in [0.2, 0.25) is 0 Å². The van der Waals surface area contributed by atoms with E-state index in [9.17, 15) is 0 Å². The maximum Gasteiger partial charge on any atom is 0.146 e. The number of ether oxygens (including phenoxy) is 2. The summed E-state index contributed by atoms with van der Waals surface area (Å²) < 4.78 is 10.1. The number of methoxy groups -OCH3 is 1. The topological polar surface area (TPSA) is 18.5 Å². The third-order valence-corrected chi connectivity index (χ3v) is 1.76. The zero-order chi connectivity index (χ0) is 7.40. The molecule has 58 valence electrons. The van der Waals surface area contributed by atoms with Crippen molar-refractivity contribution in [3.63, 3.8) is 0 Å². The Morgan fingerprint density at radius 2 is 2.50 bits per heavy atom. The molecule has 1 rings (SSSR count). The number of hydrogen-bond acceptors (Lipinski definition) is 2. The summed E-state index contributed by atoms with van der Waals surface area (Å²) in [5.41, 5.74) is 1.31. The van der Waals surface area contributed by atoms with Crippen molar-refractivity contribution in [1.29, 1.82) is 0 Å². The van der Waals surface area contributed by atoms with E-state index in [4.69, 9.17) is 9.47 Å². The normalized spacial score (nSPS) is 25.7. The van der Waals surface area contributed by atoms with Crippen molar-refractivity contribution < 1.29 is 9.47 Å². The van der Waals surface area contributed by atoms with E-state index in [0.29, 0.717) is 12.9 Å². The van der Waals surface area contributed by atoms with Crippen LogP contribution in [0.25, 0.3) is 0 Å². The Morgan fingerprint density at radius 3 is 3.00 bits per heavy atom. The van der Waals surface area contributed by atoms with Crippen LogP contribution in [0.3, 0.4) is 0 Å². The first-order valence-corrected chi connectivity index (χ1v) is 3.60. The molecule has 1 aliphatic rings. The molecule has 0 heterocycles. The fourth-order valence-corrected chi connectivity index (χ4v) is 1.20. The minimum absolute atomic E-state index is 0.368. The van der Waals surface area contributed by atoms with E-state index in [2.05, 4.69) is 6.58 Å². The molecule has 0 saturated heterocycles. The fourth-order valence-electron chi connectivity index (χ4n) is 1.20. The van der Waals surface area contributed by atoms with Gasteiger partial charge in [-0.1, -0.05) is 12.2 Å². The van der Waals surface area contributed by atoms with Crippen LogP contribution in [-0.2, 0) is 9.47 Å². The Morgan fingerprint density at radius 1 is 1.70 bits per heavy atom. The first-order chi connectivity index (χ1) is 4.83. The summed E-state index contributed by atoms with van der Waals surface area (Å²) in [6.45, 7) is 4.31. The highest BCUT2D eigenvalue weighted by Crippen LogP contribution is 2.24. The lowest BCUT2D eigenvalue weighted by atomic mass is 10.3. The van der Waals surface area contributed by atoms with Gasteiger partial charge < -0.3 is 9.47 Å². The van der Waals surface area contributed by atoms with E-state index in [1.54, 1.807) is 7.11 Å². The van der Waals surface area contributed by atoms with Crippen LogP contribution >= 0.6 is 0 Å². The summed E-state index contributed by atoms with van der Waals surface area (Å²) in [4.78, 5) is 0. The molecule has 0 spiro atoms. The monoisotopic (exact) mass is 142 g/mol. The molecule has 1 aliphatic carbocycles. The highest BCUT2D eigenvalue weighted by atomic mass is 16.7. The quantitative estimate of drug-likeness (QED) is 0.441. The van der Waals surface area contributed by atoms with Gasteiger partial charge in [0.25, 0.3) is 0 Å². The lowest BCUT2D eigenvalue weighted by molar-refractivity contribution is -0.0676. The van der Waals surface area contributed by atoms with Crippen LogP contribution in [0.2, 0.25) is 0 Å². The maximum atomic E-state index is 5.34. The molecule has 0 aromatic carbocycles. The average Bonchev–Trinajstić information content (AvgIpc) is 2.31. The molecule has 1 atom stereocenters. The van der Waals surface area contributed by atoms with Gasteiger partial charge in [0.15, 0.2) is 0 Å². The Bertz CT molecular complexity index is 120. The van der Waals surface area contributed by atoms with Crippen LogP contribution in [0, 0.1) is 0 Å². The molecule has 0 aromatic heterocycles. The summed E-state index contributed by atoms with van der Waals surface area (Å²) in [5.74, 6) is 0. The molecule has 1 saturated carbocycles. The molecule has 0 N–H and O–H groups in total. The minimum Gasteiger partial charge on any atom is -0.359 e. The van der Waals surface area contributed by atoms with Crippen LogP contribution in [0.5, 0.6) is 0 Å². The van der Waals surface area contributed by atoms with Crippen LogP contribution in [-0.4, -0.2) is 20.0 Å². The van der Waals surface area contributed by atoms with Crippen LogP contribution < -0.4 is 0 Å². The molecule has 0 bridgehead atoms. The van der Waals surface area contributed by atoms with Gasteiger partial charge in [0.1, 0.15) is 6.79 Å². The molecule has 10 heavy (non-hydrogen) atoms. The van der Waals surface area contributed by atoms with Gasteiger partial charge in [0.05, 0.1) is 6.10 Å². The highest BCUT2D eigenvalue weighted by molar-refractivity contribution is 5.02. The van der Waals surface area contributed by atoms with Gasteiger partial charge in [-0.25, -0.2) is 0 Å². The molecule has 2 heteroatoms. The number of hydrogen-bond donors (Lipinski definition) is 0. The lowest BCUT2D eigenvalue weighted by Gasteiger charge is -2.08. The van der Waals surface area contributed by atoms with E-state index < -0.39 is 0 Å². The summed E-state index contributed by atoms with van der Waals surface area (Å²) in [6, 6.07) is 0. The van der Waals surface area contributed by atoms with Crippen LogP contribution in [0.1, 0.15) is 19.3 Å². The summed E-state index contributed by atoms with van der Waals surface area (Å²) in [5, 5.41) is 0. The average molecular weight is 142 g/mol. The third kappa shape index (κ3) is 2.12. The van der Waals surface area contributed by atoms with Crippen molar-refractivity contribution in [3.8, 4) is 0 Å². The molecule has 0 radical (unpaired) electrons. The Balaban J connectivity index is 2.12. The first kappa shape index (κ1) is 7.76. The van der Waals surface area contributed by atoms with Gasteiger partial charge in [-0.05, 0) is 19.3 Å². The first-order valence-electron chi connectivity index (χ1n) is 3.60. The van der Waals surface area contributed by atoms with Crippen molar-refractivity contribution in [1.82, 2.24) is 0 Å². The van der Waals surface area contributed by atoms with E-state index in [-0.39, 0.29) is 0 Å². The van der Waals surface area contributed by atoms with Crippen molar-refractivity contribution in [2.75, 3.05) is 13.9 Å².